The zero-order valence-electron chi connectivity index (χ0n) is 13.7. The van der Waals surface area contributed by atoms with E-state index in [9.17, 15) is 22.0 Å². The summed E-state index contributed by atoms with van der Waals surface area (Å²) >= 11 is 0. The van der Waals surface area contributed by atoms with Crippen molar-refractivity contribution in [2.45, 2.75) is 37.5 Å². The smallest absolute Gasteiger partial charge is 0.220 e. The lowest BCUT2D eigenvalue weighted by atomic mass is 9.72. The van der Waals surface area contributed by atoms with E-state index >= 15 is 0 Å². The summed E-state index contributed by atoms with van der Waals surface area (Å²) in [5, 5.41) is 2.84. The Morgan fingerprint density at radius 2 is 2.04 bits per heavy atom. The summed E-state index contributed by atoms with van der Waals surface area (Å²) in [6.45, 7) is 0.540. The SMILES string of the molecule is CS(=O)(=O)N[C@H]1[C@H](NC(=O)CCc2ccc(F)c(F)c2)[C@@H]2CCO[C@@H]21. The molecule has 0 aromatic heterocycles. The lowest BCUT2D eigenvalue weighted by Crippen LogP contribution is -2.70. The number of amides is 1. The molecule has 1 saturated carbocycles. The molecule has 4 atom stereocenters. The third-order valence-corrected chi connectivity index (χ3v) is 5.39. The first-order valence-corrected chi connectivity index (χ1v) is 9.96. The summed E-state index contributed by atoms with van der Waals surface area (Å²) in [6, 6.07) is 2.74. The van der Waals surface area contributed by atoms with E-state index in [4.69, 9.17) is 4.74 Å². The molecule has 0 spiro atoms. The maximum Gasteiger partial charge on any atom is 0.220 e. The molecule has 1 aliphatic carbocycles. The lowest BCUT2D eigenvalue weighted by Gasteiger charge is -2.47. The van der Waals surface area contributed by atoms with Crippen LogP contribution in [0.4, 0.5) is 8.78 Å². The van der Waals surface area contributed by atoms with Crippen LogP contribution in [-0.4, -0.2) is 45.4 Å². The molecule has 3 rings (SSSR count). The predicted molar refractivity (Wildman–Crippen MR) is 86.2 cm³/mol. The molecule has 1 aliphatic heterocycles. The third kappa shape index (κ3) is 4.16. The molecule has 2 fully saturated rings. The fraction of sp³-hybridized carbons (Fsp3) is 0.562. The van der Waals surface area contributed by atoms with Crippen LogP contribution in [0.5, 0.6) is 0 Å². The first kappa shape index (κ1) is 18.2. The normalized spacial score (nSPS) is 28.3. The topological polar surface area (TPSA) is 84.5 Å². The highest BCUT2D eigenvalue weighted by Gasteiger charge is 2.55. The molecule has 2 N–H and O–H groups in total. The van der Waals surface area contributed by atoms with Gasteiger partial charge in [-0.1, -0.05) is 6.07 Å². The number of nitrogens with one attached hydrogen (secondary N) is 2. The van der Waals surface area contributed by atoms with Crippen LogP contribution >= 0.6 is 0 Å². The van der Waals surface area contributed by atoms with Crippen LogP contribution < -0.4 is 10.0 Å². The summed E-state index contributed by atoms with van der Waals surface area (Å²) in [5.41, 5.74) is 0.524. The van der Waals surface area contributed by atoms with Crippen LogP contribution in [0.1, 0.15) is 18.4 Å². The Bertz CT molecular complexity index is 771. The van der Waals surface area contributed by atoms with Crippen molar-refractivity contribution in [3.05, 3.63) is 35.4 Å². The average molecular weight is 374 g/mol. The van der Waals surface area contributed by atoms with E-state index in [1.54, 1.807) is 0 Å². The molecule has 0 bridgehead atoms. The van der Waals surface area contributed by atoms with Gasteiger partial charge >= 0.3 is 0 Å². The molecule has 6 nitrogen and oxygen atoms in total. The Balaban J connectivity index is 1.56. The number of hydrogen-bond acceptors (Lipinski definition) is 4. The highest BCUT2D eigenvalue weighted by Crippen LogP contribution is 2.39. The number of hydrogen-bond donors (Lipinski definition) is 2. The number of halogens is 2. The molecule has 138 valence electrons. The van der Waals surface area contributed by atoms with Gasteiger partial charge < -0.3 is 10.1 Å². The summed E-state index contributed by atoms with van der Waals surface area (Å²) in [6.07, 6.45) is 1.99. The molecule has 1 amide bonds. The van der Waals surface area contributed by atoms with E-state index in [-0.39, 0.29) is 36.8 Å². The number of carbonyl (C=O) groups is 1. The van der Waals surface area contributed by atoms with Gasteiger partial charge in [-0.2, -0.15) is 0 Å². The second kappa shape index (κ2) is 6.97. The Morgan fingerprint density at radius 3 is 2.72 bits per heavy atom. The Labute approximate surface area is 145 Å². The highest BCUT2D eigenvalue weighted by molar-refractivity contribution is 7.88. The van der Waals surface area contributed by atoms with Crippen LogP contribution in [0.2, 0.25) is 0 Å². The molecule has 2 aliphatic rings. The number of fused-ring (bicyclic) bond motifs is 1. The van der Waals surface area contributed by atoms with E-state index in [0.717, 1.165) is 24.8 Å². The van der Waals surface area contributed by atoms with E-state index in [0.29, 0.717) is 12.2 Å². The summed E-state index contributed by atoms with van der Waals surface area (Å²) in [4.78, 5) is 12.2. The molecule has 9 heteroatoms. The molecule has 0 radical (unpaired) electrons. The number of carbonyl (C=O) groups excluding carboxylic acids is 1. The molecular weight excluding hydrogens is 354 g/mol. The standard InChI is InChI=1S/C16H20F2N2O4S/c1-25(22,23)20-15-14(10-6-7-24-16(10)15)19-13(21)5-3-9-2-4-11(17)12(18)8-9/h2,4,8,10,14-16,20H,3,5-7H2,1H3,(H,19,21)/t10-,14+,15-,16-/m0/s1. The van der Waals surface area contributed by atoms with Gasteiger partial charge in [0, 0.05) is 18.9 Å². The first-order valence-electron chi connectivity index (χ1n) is 8.07. The van der Waals surface area contributed by atoms with Crippen molar-refractivity contribution in [2.24, 2.45) is 5.92 Å². The molecule has 0 unspecified atom stereocenters. The van der Waals surface area contributed by atoms with Gasteiger partial charge in [-0.3, -0.25) is 4.79 Å². The molecule has 25 heavy (non-hydrogen) atoms. The van der Waals surface area contributed by atoms with Gasteiger partial charge in [0.1, 0.15) is 0 Å². The van der Waals surface area contributed by atoms with E-state index < -0.39 is 27.7 Å². The van der Waals surface area contributed by atoms with Gasteiger partial charge in [-0.15, -0.1) is 0 Å². The van der Waals surface area contributed by atoms with Crippen LogP contribution in [-0.2, 0) is 26.0 Å². The van der Waals surface area contributed by atoms with Crippen LogP contribution in [0.3, 0.4) is 0 Å². The minimum atomic E-state index is -3.41. The van der Waals surface area contributed by atoms with Gasteiger partial charge in [-0.25, -0.2) is 21.9 Å². The monoisotopic (exact) mass is 374 g/mol. The summed E-state index contributed by atoms with van der Waals surface area (Å²) in [7, 11) is -3.41. The van der Waals surface area contributed by atoms with Crippen LogP contribution in [0.25, 0.3) is 0 Å². The molecule has 1 saturated heterocycles. The Kier molecular flexibility index (Phi) is 5.08. The summed E-state index contributed by atoms with van der Waals surface area (Å²) in [5.74, 6) is -2.04. The number of aryl methyl sites for hydroxylation is 1. The average Bonchev–Trinajstić information content (AvgIpc) is 2.96. The fourth-order valence-corrected chi connectivity index (χ4v) is 4.28. The van der Waals surface area contributed by atoms with E-state index in [1.807, 2.05) is 0 Å². The van der Waals surface area contributed by atoms with Gasteiger partial charge in [0.25, 0.3) is 0 Å². The zero-order chi connectivity index (χ0) is 18.2. The van der Waals surface area contributed by atoms with Crippen molar-refractivity contribution < 1.29 is 26.7 Å². The molecular formula is C16H20F2N2O4S. The van der Waals surface area contributed by atoms with Crippen LogP contribution in [0, 0.1) is 17.6 Å². The maximum atomic E-state index is 13.2. The minimum absolute atomic E-state index is 0.0893. The third-order valence-electron chi connectivity index (χ3n) is 4.69. The maximum absolute atomic E-state index is 13.2. The first-order chi connectivity index (χ1) is 11.7. The summed E-state index contributed by atoms with van der Waals surface area (Å²) < 4.78 is 57.1. The largest absolute Gasteiger partial charge is 0.376 e. The Morgan fingerprint density at radius 1 is 1.28 bits per heavy atom. The lowest BCUT2D eigenvalue weighted by molar-refractivity contribution is -0.125. The molecule has 1 heterocycles. The van der Waals surface area contributed by atoms with Gasteiger partial charge in [0.15, 0.2) is 11.6 Å². The van der Waals surface area contributed by atoms with Crippen molar-refractivity contribution in [2.75, 3.05) is 12.9 Å². The van der Waals surface area contributed by atoms with Gasteiger partial charge in [0.05, 0.1) is 24.4 Å². The van der Waals surface area contributed by atoms with Crippen molar-refractivity contribution in [1.29, 1.82) is 0 Å². The predicted octanol–water partition coefficient (Wildman–Crippen LogP) is 0.719. The fourth-order valence-electron chi connectivity index (χ4n) is 3.50. The molecule has 1 aromatic rings. The minimum Gasteiger partial charge on any atom is -0.376 e. The van der Waals surface area contributed by atoms with E-state index in [1.165, 1.54) is 6.07 Å². The van der Waals surface area contributed by atoms with Crippen molar-refractivity contribution in [3.8, 4) is 0 Å². The number of benzene rings is 1. The number of sulfonamides is 1. The quantitative estimate of drug-likeness (QED) is 0.769. The van der Waals surface area contributed by atoms with E-state index in [2.05, 4.69) is 10.0 Å². The second-order valence-electron chi connectivity index (χ2n) is 6.55. The van der Waals surface area contributed by atoms with Crippen LogP contribution in [0.15, 0.2) is 18.2 Å². The second-order valence-corrected chi connectivity index (χ2v) is 8.33. The van der Waals surface area contributed by atoms with Gasteiger partial charge in [0.2, 0.25) is 15.9 Å². The highest BCUT2D eigenvalue weighted by atomic mass is 32.2. The van der Waals surface area contributed by atoms with Crippen molar-refractivity contribution in [1.82, 2.24) is 10.0 Å². The van der Waals surface area contributed by atoms with Gasteiger partial charge in [-0.05, 0) is 30.5 Å². The Hall–Kier alpha value is -1.58. The number of rotatable bonds is 6. The van der Waals surface area contributed by atoms with Crippen molar-refractivity contribution in [3.63, 3.8) is 0 Å². The zero-order valence-corrected chi connectivity index (χ0v) is 14.5. The number of ether oxygens (including phenoxy) is 1. The van der Waals surface area contributed by atoms with Crippen molar-refractivity contribution >= 4 is 15.9 Å². The molecule has 1 aromatic carbocycles.